The molecule has 3 aromatic rings. The predicted octanol–water partition coefficient (Wildman–Crippen LogP) is 3.50. The second kappa shape index (κ2) is 6.46. The van der Waals surface area contributed by atoms with Crippen molar-refractivity contribution in [1.29, 1.82) is 0 Å². The van der Waals surface area contributed by atoms with Gasteiger partial charge in [0.2, 0.25) is 5.78 Å². The van der Waals surface area contributed by atoms with Gasteiger partial charge < -0.3 is 0 Å². The van der Waals surface area contributed by atoms with Gasteiger partial charge in [0.25, 0.3) is 10.1 Å². The van der Waals surface area contributed by atoms with Crippen molar-refractivity contribution in [2.75, 3.05) is 5.43 Å². The van der Waals surface area contributed by atoms with E-state index >= 15 is 0 Å². The fourth-order valence-electron chi connectivity index (χ4n) is 3.08. The highest BCUT2D eigenvalue weighted by molar-refractivity contribution is 7.86. The van der Waals surface area contributed by atoms with Gasteiger partial charge in [-0.3, -0.25) is 14.8 Å². The molecule has 4 rings (SSSR count). The first-order valence-corrected chi connectivity index (χ1v) is 9.54. The quantitative estimate of drug-likeness (QED) is 0.537. The minimum absolute atomic E-state index is 0.0866. The molecule has 6 nitrogen and oxygen atoms in total. The van der Waals surface area contributed by atoms with E-state index in [-0.39, 0.29) is 22.1 Å². The van der Waals surface area contributed by atoms with E-state index in [1.165, 1.54) is 12.1 Å². The Morgan fingerprint density at radius 1 is 0.889 bits per heavy atom. The van der Waals surface area contributed by atoms with Gasteiger partial charge in [-0.2, -0.15) is 13.5 Å². The number of nitrogens with zero attached hydrogens (tertiary/aromatic N) is 1. The van der Waals surface area contributed by atoms with Gasteiger partial charge in [-0.15, -0.1) is 0 Å². The van der Waals surface area contributed by atoms with Crippen molar-refractivity contribution in [2.24, 2.45) is 5.10 Å². The number of allylic oxidation sites excluding steroid dienone is 1. The number of carbonyl (C=O) groups excluding carboxylic acids is 1. The van der Waals surface area contributed by atoms with Gasteiger partial charge in [-0.05, 0) is 23.1 Å². The second-order valence-electron chi connectivity index (χ2n) is 6.00. The van der Waals surface area contributed by atoms with Crippen LogP contribution in [-0.2, 0) is 14.9 Å². The molecule has 0 unspecified atom stereocenters. The van der Waals surface area contributed by atoms with Gasteiger partial charge in [0.15, 0.2) is 0 Å². The Kier molecular flexibility index (Phi) is 4.10. The monoisotopic (exact) mass is 378 g/mol. The zero-order valence-electron chi connectivity index (χ0n) is 14.0. The molecule has 0 atom stereocenters. The maximum Gasteiger partial charge on any atom is 0.297 e. The summed E-state index contributed by atoms with van der Waals surface area (Å²) in [6, 6.07) is 17.3. The zero-order valence-corrected chi connectivity index (χ0v) is 14.8. The normalized spacial score (nSPS) is 15.1. The lowest BCUT2D eigenvalue weighted by atomic mass is 9.95. The molecule has 2 N–H and O–H groups in total. The number of ketones is 1. The highest BCUT2D eigenvalue weighted by atomic mass is 32.2. The molecule has 0 aromatic heterocycles. The van der Waals surface area contributed by atoms with E-state index in [1.54, 1.807) is 48.5 Å². The maximum absolute atomic E-state index is 12.2. The van der Waals surface area contributed by atoms with E-state index in [4.69, 9.17) is 0 Å². The van der Waals surface area contributed by atoms with Crippen molar-refractivity contribution in [2.45, 2.75) is 4.90 Å². The van der Waals surface area contributed by atoms with Crippen LogP contribution in [0.1, 0.15) is 11.1 Å². The Bertz CT molecular complexity index is 1240. The van der Waals surface area contributed by atoms with Crippen molar-refractivity contribution in [1.82, 2.24) is 0 Å². The maximum atomic E-state index is 12.2. The van der Waals surface area contributed by atoms with Gasteiger partial charge in [0.05, 0.1) is 5.69 Å². The lowest BCUT2D eigenvalue weighted by Gasteiger charge is -2.14. The van der Waals surface area contributed by atoms with E-state index < -0.39 is 10.1 Å². The predicted molar refractivity (Wildman–Crippen MR) is 104 cm³/mol. The average Bonchev–Trinajstić information content (AvgIpc) is 2.66. The van der Waals surface area contributed by atoms with Crippen molar-refractivity contribution < 1.29 is 17.8 Å². The van der Waals surface area contributed by atoms with Crippen molar-refractivity contribution in [3.05, 3.63) is 77.9 Å². The first kappa shape index (κ1) is 17.1. The summed E-state index contributed by atoms with van der Waals surface area (Å²) in [6.07, 6.45) is 3.11. The lowest BCUT2D eigenvalue weighted by Crippen LogP contribution is -2.19. The molecule has 134 valence electrons. The summed E-state index contributed by atoms with van der Waals surface area (Å²) in [5, 5.41) is 5.17. The molecule has 1 aliphatic carbocycles. The average molecular weight is 378 g/mol. The van der Waals surface area contributed by atoms with Crippen LogP contribution in [0.5, 0.6) is 0 Å². The molecule has 0 bridgehead atoms. The van der Waals surface area contributed by atoms with Crippen LogP contribution < -0.4 is 5.43 Å². The number of carbonyl (C=O) groups is 1. The minimum atomic E-state index is -4.52. The summed E-state index contributed by atoms with van der Waals surface area (Å²) in [7, 11) is -4.52. The summed E-state index contributed by atoms with van der Waals surface area (Å²) in [5.74, 6) is -0.296. The molecule has 3 aromatic carbocycles. The van der Waals surface area contributed by atoms with Gasteiger partial charge in [0, 0.05) is 10.9 Å². The van der Waals surface area contributed by atoms with E-state index in [2.05, 4.69) is 10.5 Å². The van der Waals surface area contributed by atoms with E-state index in [0.717, 1.165) is 5.56 Å². The van der Waals surface area contributed by atoms with Crippen molar-refractivity contribution in [3.63, 3.8) is 0 Å². The summed E-state index contributed by atoms with van der Waals surface area (Å²) in [4.78, 5) is 12.0. The van der Waals surface area contributed by atoms with Crippen LogP contribution in [0.15, 0.2) is 76.7 Å². The third kappa shape index (κ3) is 3.14. The Morgan fingerprint density at radius 2 is 1.63 bits per heavy atom. The Morgan fingerprint density at radius 3 is 2.44 bits per heavy atom. The molecule has 0 amide bonds. The van der Waals surface area contributed by atoms with Gasteiger partial charge >= 0.3 is 0 Å². The van der Waals surface area contributed by atoms with Gasteiger partial charge in [-0.25, -0.2) is 0 Å². The summed E-state index contributed by atoms with van der Waals surface area (Å²) in [5.41, 5.74) is 4.39. The van der Waals surface area contributed by atoms with Crippen molar-refractivity contribution in [3.8, 4) is 0 Å². The number of hydrazone groups is 1. The van der Waals surface area contributed by atoms with E-state index in [0.29, 0.717) is 16.3 Å². The van der Waals surface area contributed by atoms with Crippen LogP contribution in [0.25, 0.3) is 16.8 Å². The number of hydrogen-bond acceptors (Lipinski definition) is 5. The standard InChI is InChI=1S/C20H14N2O4S/c23-18-12-10-13-5-1-3-7-15(13)19(18)22-21-17-11-9-14-6-2-4-8-16(14)20(17)27(24,25)26/h1-12,21H,(H,24,25,26)/b22-19-. The summed E-state index contributed by atoms with van der Waals surface area (Å²) >= 11 is 0. The van der Waals surface area contributed by atoms with E-state index in [9.17, 15) is 17.8 Å². The van der Waals surface area contributed by atoms with Gasteiger partial charge in [0.1, 0.15) is 10.6 Å². The largest absolute Gasteiger partial charge is 0.297 e. The number of anilines is 1. The number of nitrogens with one attached hydrogen (secondary N) is 1. The Hall–Kier alpha value is -3.29. The molecule has 0 radical (unpaired) electrons. The third-order valence-corrected chi connectivity index (χ3v) is 5.25. The molecule has 1 aliphatic rings. The molecule has 27 heavy (non-hydrogen) atoms. The Balaban J connectivity index is 1.84. The molecular weight excluding hydrogens is 364 g/mol. The SMILES string of the molecule is O=C1C=Cc2ccccc2/C1=N/Nc1ccc2ccccc2c1S(=O)(=O)O. The zero-order chi connectivity index (χ0) is 19.0. The molecule has 0 fully saturated rings. The molecule has 0 heterocycles. The summed E-state index contributed by atoms with van der Waals surface area (Å²) < 4.78 is 33.7. The highest BCUT2D eigenvalue weighted by Crippen LogP contribution is 2.30. The van der Waals surface area contributed by atoms with Crippen LogP contribution >= 0.6 is 0 Å². The topological polar surface area (TPSA) is 95.8 Å². The fraction of sp³-hybridized carbons (Fsp3) is 0. The lowest BCUT2D eigenvalue weighted by molar-refractivity contribution is -0.108. The molecule has 0 saturated heterocycles. The van der Waals surface area contributed by atoms with Crippen LogP contribution in [0, 0.1) is 0 Å². The molecule has 0 saturated carbocycles. The van der Waals surface area contributed by atoms with Crippen molar-refractivity contribution >= 4 is 44.1 Å². The smallest absolute Gasteiger partial charge is 0.287 e. The van der Waals surface area contributed by atoms with Crippen LogP contribution in [0.3, 0.4) is 0 Å². The number of fused-ring (bicyclic) bond motifs is 2. The van der Waals surface area contributed by atoms with Crippen LogP contribution in [0.4, 0.5) is 5.69 Å². The minimum Gasteiger partial charge on any atom is -0.287 e. The van der Waals surface area contributed by atoms with Crippen LogP contribution in [-0.4, -0.2) is 24.5 Å². The summed E-state index contributed by atoms with van der Waals surface area (Å²) in [6.45, 7) is 0. The first-order valence-electron chi connectivity index (χ1n) is 8.10. The molecular formula is C20H14N2O4S. The van der Waals surface area contributed by atoms with E-state index in [1.807, 2.05) is 12.1 Å². The Labute approximate surface area is 155 Å². The number of rotatable bonds is 3. The molecule has 0 aliphatic heterocycles. The second-order valence-corrected chi connectivity index (χ2v) is 7.35. The number of benzene rings is 3. The molecule has 7 heteroatoms. The van der Waals surface area contributed by atoms with Gasteiger partial charge in [-0.1, -0.05) is 60.7 Å². The fourth-order valence-corrected chi connectivity index (χ4v) is 3.93. The molecule has 0 spiro atoms. The first-order chi connectivity index (χ1) is 12.9. The highest BCUT2D eigenvalue weighted by Gasteiger charge is 2.21. The van der Waals surface area contributed by atoms with Crippen LogP contribution in [0.2, 0.25) is 0 Å². The third-order valence-electron chi connectivity index (χ3n) is 4.29. The number of hydrogen-bond donors (Lipinski definition) is 2.